The minimum atomic E-state index is -0.349. The Kier molecular flexibility index (Phi) is 5.89. The van der Waals surface area contributed by atoms with Crippen LogP contribution in [0.2, 0.25) is 0 Å². The first kappa shape index (κ1) is 12.2. The summed E-state index contributed by atoms with van der Waals surface area (Å²) < 4.78 is 4.52. The van der Waals surface area contributed by atoms with Crippen LogP contribution in [0.4, 0.5) is 0 Å². The number of hydrogen-bond acceptors (Lipinski definition) is 2. The largest absolute Gasteiger partial charge is 0.465 e. The second-order valence-electron chi connectivity index (χ2n) is 2.21. The average Bonchev–Trinajstić information content (AvgIpc) is 2.31. The average molecular weight is 190 g/mol. The number of hydrogen-bond donors (Lipinski definition) is 0. The molecule has 0 aliphatic heterocycles. The van der Waals surface area contributed by atoms with Gasteiger partial charge in [-0.25, -0.2) is 4.79 Å². The normalized spacial score (nSPS) is 7.86. The highest BCUT2D eigenvalue weighted by molar-refractivity contribution is 5.89. The lowest BCUT2D eigenvalue weighted by molar-refractivity contribution is 0.0601. The van der Waals surface area contributed by atoms with Crippen molar-refractivity contribution in [2.45, 2.75) is 13.8 Å². The monoisotopic (exact) mass is 190 g/mol. The molecule has 2 nitrogen and oxygen atoms in total. The van der Waals surface area contributed by atoms with E-state index in [-0.39, 0.29) is 5.97 Å². The third-order valence-electron chi connectivity index (χ3n) is 1.47. The van der Waals surface area contributed by atoms with Crippen LogP contribution < -0.4 is 0 Å². The van der Waals surface area contributed by atoms with Gasteiger partial charge in [-0.2, -0.15) is 0 Å². The quantitative estimate of drug-likeness (QED) is 0.502. The first-order valence-corrected chi connectivity index (χ1v) is 4.43. The van der Waals surface area contributed by atoms with Crippen LogP contribution in [0, 0.1) is 12.3 Å². The summed E-state index contributed by atoms with van der Waals surface area (Å²) in [7, 11) is 1.34. The number of esters is 1. The summed E-state index contributed by atoms with van der Waals surface area (Å²) in [6.07, 6.45) is 5.14. The Labute approximate surface area is 84.9 Å². The minimum Gasteiger partial charge on any atom is -0.465 e. The van der Waals surface area contributed by atoms with Crippen molar-refractivity contribution in [3.63, 3.8) is 0 Å². The summed E-state index contributed by atoms with van der Waals surface area (Å²) in [4.78, 5) is 10.9. The van der Waals surface area contributed by atoms with Gasteiger partial charge in [-0.3, -0.25) is 0 Å². The summed E-state index contributed by atoms with van der Waals surface area (Å²) in [6.45, 7) is 4.00. The zero-order chi connectivity index (χ0) is 11.0. The van der Waals surface area contributed by atoms with Crippen molar-refractivity contribution in [2.75, 3.05) is 7.11 Å². The lowest BCUT2D eigenvalue weighted by atomic mass is 10.1. The number of carbonyl (C=O) groups excluding carboxylic acids is 1. The van der Waals surface area contributed by atoms with Crippen LogP contribution >= 0.6 is 0 Å². The number of methoxy groups -OCH3 is 1. The molecule has 0 radical (unpaired) electrons. The predicted molar refractivity (Wildman–Crippen MR) is 57.1 cm³/mol. The lowest BCUT2D eigenvalue weighted by Gasteiger charge is -1.97. The molecular formula is C12H14O2. The van der Waals surface area contributed by atoms with E-state index in [1.165, 1.54) is 7.11 Å². The molecule has 2 heteroatoms. The predicted octanol–water partition coefficient (Wildman–Crippen LogP) is 2.48. The zero-order valence-corrected chi connectivity index (χ0v) is 8.70. The Hall–Kier alpha value is -1.75. The van der Waals surface area contributed by atoms with Gasteiger partial charge in [0.15, 0.2) is 0 Å². The van der Waals surface area contributed by atoms with Gasteiger partial charge in [-0.15, -0.1) is 6.42 Å². The van der Waals surface area contributed by atoms with E-state index in [1.54, 1.807) is 24.3 Å². The van der Waals surface area contributed by atoms with E-state index < -0.39 is 0 Å². The van der Waals surface area contributed by atoms with E-state index in [0.717, 1.165) is 5.56 Å². The van der Waals surface area contributed by atoms with Gasteiger partial charge in [0, 0.05) is 5.56 Å². The summed E-state index contributed by atoms with van der Waals surface area (Å²) in [5.74, 6) is 2.11. The number of rotatable bonds is 1. The van der Waals surface area contributed by atoms with Crippen molar-refractivity contribution >= 4 is 5.97 Å². The van der Waals surface area contributed by atoms with Crippen molar-refractivity contribution < 1.29 is 9.53 Å². The van der Waals surface area contributed by atoms with Crippen LogP contribution in [0.1, 0.15) is 29.8 Å². The molecule has 0 fully saturated rings. The maximum Gasteiger partial charge on any atom is 0.337 e. The molecule has 0 bridgehead atoms. The van der Waals surface area contributed by atoms with Gasteiger partial charge in [-0.05, 0) is 24.3 Å². The molecule has 1 rings (SSSR count). The SMILES string of the molecule is C#Cc1ccc(C(=O)OC)cc1.CC. The Morgan fingerprint density at radius 3 is 2.14 bits per heavy atom. The third-order valence-corrected chi connectivity index (χ3v) is 1.47. The maximum absolute atomic E-state index is 10.9. The van der Waals surface area contributed by atoms with Crippen molar-refractivity contribution in [1.82, 2.24) is 0 Å². The smallest absolute Gasteiger partial charge is 0.337 e. The molecule has 0 N–H and O–H groups in total. The highest BCUT2D eigenvalue weighted by atomic mass is 16.5. The Morgan fingerprint density at radius 1 is 1.29 bits per heavy atom. The molecule has 74 valence electrons. The molecule has 0 aliphatic carbocycles. The summed E-state index contributed by atoms with van der Waals surface area (Å²) >= 11 is 0. The van der Waals surface area contributed by atoms with Gasteiger partial charge >= 0.3 is 5.97 Å². The van der Waals surface area contributed by atoms with E-state index in [9.17, 15) is 4.79 Å². The van der Waals surface area contributed by atoms with Crippen LogP contribution in [0.25, 0.3) is 0 Å². The van der Waals surface area contributed by atoms with Crippen LogP contribution in [-0.2, 0) is 4.74 Å². The van der Waals surface area contributed by atoms with Gasteiger partial charge in [0.25, 0.3) is 0 Å². The highest BCUT2D eigenvalue weighted by Crippen LogP contribution is 2.03. The van der Waals surface area contributed by atoms with E-state index in [1.807, 2.05) is 13.8 Å². The molecule has 0 unspecified atom stereocenters. The Balaban J connectivity index is 0.000000791. The van der Waals surface area contributed by atoms with Gasteiger partial charge in [0.2, 0.25) is 0 Å². The van der Waals surface area contributed by atoms with Gasteiger partial charge in [0.1, 0.15) is 0 Å². The molecule has 1 aromatic rings. The van der Waals surface area contributed by atoms with Crippen LogP contribution in [0.3, 0.4) is 0 Å². The molecule has 0 amide bonds. The van der Waals surface area contributed by atoms with Crippen molar-refractivity contribution in [1.29, 1.82) is 0 Å². The fourth-order valence-electron chi connectivity index (χ4n) is 0.820. The van der Waals surface area contributed by atoms with Gasteiger partial charge < -0.3 is 4.74 Å². The molecule has 0 spiro atoms. The zero-order valence-electron chi connectivity index (χ0n) is 8.70. The minimum absolute atomic E-state index is 0.349. The standard InChI is InChI=1S/C10H8O2.C2H6/c1-3-8-4-6-9(7-5-8)10(11)12-2;1-2/h1,4-7H,2H3;1-2H3. The molecule has 0 saturated heterocycles. The molecule has 0 saturated carbocycles. The first-order valence-electron chi connectivity index (χ1n) is 4.43. The van der Waals surface area contributed by atoms with E-state index in [4.69, 9.17) is 6.42 Å². The van der Waals surface area contributed by atoms with Crippen molar-refractivity contribution in [3.8, 4) is 12.3 Å². The molecule has 0 atom stereocenters. The van der Waals surface area contributed by atoms with Crippen LogP contribution in [-0.4, -0.2) is 13.1 Å². The molecule has 0 aliphatic rings. The summed E-state index contributed by atoms with van der Waals surface area (Å²) in [5.41, 5.74) is 1.26. The molecule has 0 heterocycles. The first-order chi connectivity index (χ1) is 6.77. The van der Waals surface area contributed by atoms with Gasteiger partial charge in [-0.1, -0.05) is 19.8 Å². The number of benzene rings is 1. The Morgan fingerprint density at radius 2 is 1.79 bits per heavy atom. The maximum atomic E-state index is 10.9. The molecule has 14 heavy (non-hydrogen) atoms. The topological polar surface area (TPSA) is 26.3 Å². The summed E-state index contributed by atoms with van der Waals surface area (Å²) in [6, 6.07) is 6.68. The number of carbonyl (C=O) groups is 1. The van der Waals surface area contributed by atoms with Crippen molar-refractivity contribution in [2.24, 2.45) is 0 Å². The number of terminal acetylenes is 1. The van der Waals surface area contributed by atoms with Crippen LogP contribution in [0.5, 0.6) is 0 Å². The Bertz CT molecular complexity index is 317. The molecule has 1 aromatic carbocycles. The fraction of sp³-hybridized carbons (Fsp3) is 0.250. The molecule has 0 aromatic heterocycles. The fourth-order valence-corrected chi connectivity index (χ4v) is 0.820. The number of ether oxygens (including phenoxy) is 1. The third kappa shape index (κ3) is 3.32. The lowest BCUT2D eigenvalue weighted by Crippen LogP contribution is -2.00. The molecular weight excluding hydrogens is 176 g/mol. The summed E-state index contributed by atoms with van der Waals surface area (Å²) in [5, 5.41) is 0. The van der Waals surface area contributed by atoms with Crippen LogP contribution in [0.15, 0.2) is 24.3 Å². The second kappa shape index (κ2) is 6.73. The van der Waals surface area contributed by atoms with E-state index in [2.05, 4.69) is 10.7 Å². The van der Waals surface area contributed by atoms with E-state index >= 15 is 0 Å². The van der Waals surface area contributed by atoms with E-state index in [0.29, 0.717) is 5.56 Å². The second-order valence-corrected chi connectivity index (χ2v) is 2.21. The highest BCUT2D eigenvalue weighted by Gasteiger charge is 2.02. The van der Waals surface area contributed by atoms with Gasteiger partial charge in [0.05, 0.1) is 12.7 Å². The van der Waals surface area contributed by atoms with Crippen molar-refractivity contribution in [3.05, 3.63) is 35.4 Å².